The minimum absolute atomic E-state index is 0.336. The first kappa shape index (κ1) is 16.6. The third-order valence-corrected chi connectivity index (χ3v) is 4.17. The number of carbonyl (C=O) groups excluding carboxylic acids is 1. The normalized spacial score (nSPS) is 15.8. The maximum absolute atomic E-state index is 12.0. The number of aldehydes is 1. The smallest absolute Gasteiger partial charge is 0.123 e. The Balaban J connectivity index is 2.64. The van der Waals surface area contributed by atoms with Crippen LogP contribution in [0.1, 0.15) is 38.7 Å². The summed E-state index contributed by atoms with van der Waals surface area (Å²) in [4.78, 5) is 11.4. The van der Waals surface area contributed by atoms with E-state index in [0.29, 0.717) is 6.42 Å². The zero-order chi connectivity index (χ0) is 15.0. The molecule has 0 amide bonds. The molecular weight excluding hydrogens is 272 g/mol. The van der Waals surface area contributed by atoms with Crippen LogP contribution in [0.15, 0.2) is 40.8 Å². The Kier molecular flexibility index (Phi) is 6.65. The molecule has 20 heavy (non-hydrogen) atoms. The number of hydrogen-bond acceptors (Lipinski definition) is 3. The lowest BCUT2D eigenvalue weighted by Crippen LogP contribution is -2.26. The van der Waals surface area contributed by atoms with Crippen molar-refractivity contribution in [2.75, 3.05) is 0 Å². The molecular formula is C16H22O3S. The molecule has 0 bridgehead atoms. The van der Waals surface area contributed by atoms with Crippen molar-refractivity contribution in [1.82, 2.24) is 0 Å². The maximum atomic E-state index is 12.0. The molecule has 3 nitrogen and oxygen atoms in total. The molecule has 0 aliphatic carbocycles. The fraction of sp³-hybridized carbons (Fsp3) is 0.438. The Labute approximate surface area is 123 Å². The van der Waals surface area contributed by atoms with Crippen LogP contribution in [0.2, 0.25) is 0 Å². The first-order valence-electron chi connectivity index (χ1n) is 6.76. The molecule has 0 aliphatic heterocycles. The van der Waals surface area contributed by atoms with Crippen LogP contribution in [0.25, 0.3) is 0 Å². The zero-order valence-electron chi connectivity index (χ0n) is 12.3. The van der Waals surface area contributed by atoms with Gasteiger partial charge in [0.05, 0.1) is 17.1 Å². The van der Waals surface area contributed by atoms with E-state index in [1.165, 1.54) is 11.7 Å². The minimum Gasteiger partial charge on any atom is -0.494 e. The zero-order valence-corrected chi connectivity index (χ0v) is 13.1. The maximum Gasteiger partial charge on any atom is 0.123 e. The summed E-state index contributed by atoms with van der Waals surface area (Å²) in [6.07, 6.45) is 4.37. The molecule has 0 saturated carbocycles. The van der Waals surface area contributed by atoms with Crippen molar-refractivity contribution >= 4 is 17.1 Å². The highest BCUT2D eigenvalue weighted by Gasteiger charge is 2.23. The van der Waals surface area contributed by atoms with Gasteiger partial charge in [-0.25, -0.2) is 4.21 Å². The molecule has 0 fully saturated rings. The molecule has 0 saturated heterocycles. The molecule has 0 spiro atoms. The second-order valence-corrected chi connectivity index (χ2v) is 6.41. The predicted octanol–water partition coefficient (Wildman–Crippen LogP) is 3.74. The molecule has 1 rings (SSSR count). The molecule has 0 radical (unpaired) electrons. The van der Waals surface area contributed by atoms with E-state index in [4.69, 9.17) is 4.74 Å². The van der Waals surface area contributed by atoms with Gasteiger partial charge >= 0.3 is 0 Å². The van der Waals surface area contributed by atoms with Crippen LogP contribution in [0.3, 0.4) is 0 Å². The Bertz CT molecular complexity index is 479. The highest BCUT2D eigenvalue weighted by atomic mass is 32.2. The molecule has 4 heteroatoms. The lowest BCUT2D eigenvalue weighted by Gasteiger charge is -2.26. The van der Waals surface area contributed by atoms with E-state index < -0.39 is 16.4 Å². The predicted molar refractivity (Wildman–Crippen MR) is 81.8 cm³/mol. The van der Waals surface area contributed by atoms with Crippen LogP contribution >= 0.6 is 0 Å². The monoisotopic (exact) mass is 294 g/mol. The number of carbonyl (C=O) groups is 1. The Morgan fingerprint density at radius 1 is 1.30 bits per heavy atom. The lowest BCUT2D eigenvalue weighted by atomic mass is 9.97. The van der Waals surface area contributed by atoms with Gasteiger partial charge in [-0.1, -0.05) is 31.0 Å². The summed E-state index contributed by atoms with van der Waals surface area (Å²) >= 11 is 0. The average molecular weight is 294 g/mol. The van der Waals surface area contributed by atoms with Gasteiger partial charge in [0.1, 0.15) is 11.9 Å². The van der Waals surface area contributed by atoms with Gasteiger partial charge in [0.25, 0.3) is 0 Å². The molecule has 1 aromatic carbocycles. The lowest BCUT2D eigenvalue weighted by molar-refractivity contribution is -0.112. The van der Waals surface area contributed by atoms with Crippen molar-refractivity contribution in [3.63, 3.8) is 0 Å². The highest BCUT2D eigenvalue weighted by molar-refractivity contribution is 7.88. The first-order chi connectivity index (χ1) is 9.50. The minimum atomic E-state index is -1.23. The molecule has 0 unspecified atom stereocenters. The molecule has 1 aromatic rings. The van der Waals surface area contributed by atoms with Crippen LogP contribution in [-0.2, 0) is 20.3 Å². The summed E-state index contributed by atoms with van der Waals surface area (Å²) in [5.74, 6) is 0. The van der Waals surface area contributed by atoms with Gasteiger partial charge in [0, 0.05) is 16.7 Å². The Hall–Kier alpha value is -1.42. The summed E-state index contributed by atoms with van der Waals surface area (Å²) in [6.45, 7) is 5.92. The average Bonchev–Trinajstić information content (AvgIpc) is 2.39. The largest absolute Gasteiger partial charge is 0.494 e. The Morgan fingerprint density at radius 3 is 2.50 bits per heavy atom. The molecule has 0 heterocycles. The number of hydrogen-bond donors (Lipinski definition) is 0. The molecule has 0 N–H and O–H groups in total. The molecule has 0 aromatic heterocycles. The summed E-state index contributed by atoms with van der Waals surface area (Å²) < 4.78 is 17.7. The van der Waals surface area contributed by atoms with Crippen LogP contribution in [0, 0.1) is 6.92 Å². The van der Waals surface area contributed by atoms with Crippen LogP contribution in [0.5, 0.6) is 0 Å². The third kappa shape index (κ3) is 5.29. The van der Waals surface area contributed by atoms with E-state index in [-0.39, 0.29) is 0 Å². The number of benzene rings is 1. The van der Waals surface area contributed by atoms with Crippen LogP contribution in [-0.4, -0.2) is 16.1 Å². The van der Waals surface area contributed by atoms with Crippen molar-refractivity contribution < 1.29 is 13.7 Å². The molecule has 110 valence electrons. The van der Waals surface area contributed by atoms with Gasteiger partial charge in [-0.15, -0.1) is 0 Å². The van der Waals surface area contributed by atoms with E-state index in [1.54, 1.807) is 0 Å². The van der Waals surface area contributed by atoms with Crippen molar-refractivity contribution in [2.45, 2.75) is 50.5 Å². The number of rotatable bonds is 8. The molecule has 0 aliphatic rings. The third-order valence-electron chi connectivity index (χ3n) is 3.08. The second kappa shape index (κ2) is 8.00. The highest BCUT2D eigenvalue weighted by Crippen LogP contribution is 2.21. The SMILES string of the molecule is CCC[C@](C)(CC=O)O/C=C/[S@](=O)c1ccc(C)cc1. The summed E-state index contributed by atoms with van der Waals surface area (Å²) in [6, 6.07) is 7.53. The van der Waals surface area contributed by atoms with E-state index in [9.17, 15) is 9.00 Å². The van der Waals surface area contributed by atoms with E-state index in [1.807, 2.05) is 45.0 Å². The molecule has 2 atom stereocenters. The van der Waals surface area contributed by atoms with Gasteiger partial charge in [-0.05, 0) is 32.4 Å². The van der Waals surface area contributed by atoms with Gasteiger partial charge in [0.15, 0.2) is 0 Å². The van der Waals surface area contributed by atoms with E-state index in [0.717, 1.165) is 29.6 Å². The summed E-state index contributed by atoms with van der Waals surface area (Å²) in [7, 11) is -1.23. The van der Waals surface area contributed by atoms with Gasteiger partial charge < -0.3 is 9.53 Å². The number of aryl methyl sites for hydroxylation is 1. The summed E-state index contributed by atoms with van der Waals surface area (Å²) in [5, 5.41) is 1.52. The van der Waals surface area contributed by atoms with Crippen molar-refractivity contribution in [1.29, 1.82) is 0 Å². The van der Waals surface area contributed by atoms with Gasteiger partial charge in [-0.3, -0.25) is 0 Å². The van der Waals surface area contributed by atoms with Crippen molar-refractivity contribution in [3.8, 4) is 0 Å². The van der Waals surface area contributed by atoms with Gasteiger partial charge in [-0.2, -0.15) is 0 Å². The van der Waals surface area contributed by atoms with Gasteiger partial charge in [0.2, 0.25) is 0 Å². The fourth-order valence-electron chi connectivity index (χ4n) is 1.91. The van der Waals surface area contributed by atoms with Crippen molar-refractivity contribution in [3.05, 3.63) is 41.5 Å². The quantitative estimate of drug-likeness (QED) is 0.542. The first-order valence-corrected chi connectivity index (χ1v) is 7.97. The van der Waals surface area contributed by atoms with Crippen LogP contribution < -0.4 is 0 Å². The summed E-state index contributed by atoms with van der Waals surface area (Å²) in [5.41, 5.74) is 0.622. The standard InChI is InChI=1S/C16H22O3S/c1-4-9-16(3,10-11-17)19-12-13-20(18)15-7-5-14(2)6-8-15/h5-8,11-13H,4,9-10H2,1-3H3/b13-12+/t16-,20+/m1/s1. The van der Waals surface area contributed by atoms with Crippen LogP contribution in [0.4, 0.5) is 0 Å². The fourth-order valence-corrected chi connectivity index (χ4v) is 2.63. The van der Waals surface area contributed by atoms with E-state index in [2.05, 4.69) is 0 Å². The topological polar surface area (TPSA) is 43.4 Å². The van der Waals surface area contributed by atoms with Crippen molar-refractivity contribution in [2.24, 2.45) is 0 Å². The Morgan fingerprint density at radius 2 is 1.95 bits per heavy atom. The number of ether oxygens (including phenoxy) is 1. The second-order valence-electron chi connectivity index (χ2n) is 5.07. The van der Waals surface area contributed by atoms with E-state index >= 15 is 0 Å².